The van der Waals surface area contributed by atoms with Crippen LogP contribution < -0.4 is 15.5 Å². The van der Waals surface area contributed by atoms with Gasteiger partial charge in [0, 0.05) is 87.6 Å². The van der Waals surface area contributed by atoms with E-state index in [0.717, 1.165) is 61.5 Å². The number of rotatable bonds is 7. The van der Waals surface area contributed by atoms with Crippen molar-refractivity contribution in [1.29, 1.82) is 0 Å². The van der Waals surface area contributed by atoms with Crippen molar-refractivity contribution in [2.45, 2.75) is 13.5 Å². The Hall–Kier alpha value is -4.21. The molecule has 2 amide bonds. The van der Waals surface area contributed by atoms with E-state index < -0.39 is 0 Å². The van der Waals surface area contributed by atoms with Crippen LogP contribution in [0.4, 0.5) is 22.0 Å². The number of aromatic nitrogens is 2. The number of likely N-dealkylation sites (N-methyl/N-ethyl adjacent to an activating group) is 1. The first kappa shape index (κ1) is 26.4. The van der Waals surface area contributed by atoms with E-state index >= 15 is 0 Å². The number of nitrogens with one attached hydrogen (secondary N) is 2. The molecule has 0 bridgehead atoms. The van der Waals surface area contributed by atoms with Crippen molar-refractivity contribution in [2.75, 3.05) is 57.0 Å². The average molecular weight is 526 g/mol. The Labute approximate surface area is 229 Å². The summed E-state index contributed by atoms with van der Waals surface area (Å²) in [6.45, 7) is 8.58. The van der Waals surface area contributed by atoms with E-state index in [2.05, 4.69) is 32.3 Å². The smallest absolute Gasteiger partial charge is 0.325 e. The Morgan fingerprint density at radius 3 is 2.36 bits per heavy atom. The minimum atomic E-state index is -0.192. The fourth-order valence-electron chi connectivity index (χ4n) is 4.95. The molecular formula is C30H35N7O2. The Morgan fingerprint density at radius 2 is 1.64 bits per heavy atom. The zero-order valence-corrected chi connectivity index (χ0v) is 22.7. The zero-order valence-electron chi connectivity index (χ0n) is 22.7. The molecule has 0 aliphatic carbocycles. The summed E-state index contributed by atoms with van der Waals surface area (Å²) in [5.74, 6) is 0.288. The summed E-state index contributed by atoms with van der Waals surface area (Å²) in [4.78, 5) is 36.3. The van der Waals surface area contributed by atoms with Gasteiger partial charge in [0.1, 0.15) is 5.82 Å². The molecule has 39 heavy (non-hydrogen) atoms. The molecule has 4 aromatic rings. The lowest BCUT2D eigenvalue weighted by atomic mass is 10.1. The van der Waals surface area contributed by atoms with E-state index in [4.69, 9.17) is 0 Å². The fraction of sp³-hybridized carbons (Fsp3) is 0.300. The summed E-state index contributed by atoms with van der Waals surface area (Å²) in [5.41, 5.74) is 4.47. The van der Waals surface area contributed by atoms with Crippen LogP contribution in [0.5, 0.6) is 0 Å². The SMILES string of the molecule is CCN1CCN(Cc2ccc(C(=O)Nc3cc(N(C)c4ccc5c(ccn5C(=O)NC)c4)ccn3)cc2)CC1. The Bertz CT molecular complexity index is 1460. The molecule has 9 heteroatoms. The van der Waals surface area contributed by atoms with Gasteiger partial charge >= 0.3 is 6.03 Å². The van der Waals surface area contributed by atoms with E-state index in [1.807, 2.05) is 72.6 Å². The lowest BCUT2D eigenvalue weighted by Crippen LogP contribution is -2.45. The van der Waals surface area contributed by atoms with Gasteiger partial charge in [-0.15, -0.1) is 0 Å². The number of nitrogens with zero attached hydrogens (tertiary/aromatic N) is 5. The Kier molecular flexibility index (Phi) is 7.90. The molecule has 0 atom stereocenters. The highest BCUT2D eigenvalue weighted by molar-refractivity contribution is 6.04. The van der Waals surface area contributed by atoms with Crippen LogP contribution in [0.25, 0.3) is 10.9 Å². The first-order valence-corrected chi connectivity index (χ1v) is 13.3. The molecule has 3 heterocycles. The van der Waals surface area contributed by atoms with Crippen LogP contribution in [0.15, 0.2) is 73.1 Å². The molecule has 0 spiro atoms. The highest BCUT2D eigenvalue weighted by atomic mass is 16.2. The maximum Gasteiger partial charge on any atom is 0.325 e. The number of piperazine rings is 1. The summed E-state index contributed by atoms with van der Waals surface area (Å²) in [7, 11) is 3.57. The summed E-state index contributed by atoms with van der Waals surface area (Å²) in [5, 5.41) is 6.53. The van der Waals surface area contributed by atoms with Crippen molar-refractivity contribution >= 4 is 40.0 Å². The number of anilines is 3. The van der Waals surface area contributed by atoms with Crippen molar-refractivity contribution in [1.82, 2.24) is 24.7 Å². The van der Waals surface area contributed by atoms with Crippen LogP contribution >= 0.6 is 0 Å². The summed E-state index contributed by atoms with van der Waals surface area (Å²) in [6.07, 6.45) is 3.44. The number of fused-ring (bicyclic) bond motifs is 1. The molecule has 9 nitrogen and oxygen atoms in total. The fourth-order valence-corrected chi connectivity index (χ4v) is 4.95. The third-order valence-corrected chi connectivity index (χ3v) is 7.40. The summed E-state index contributed by atoms with van der Waals surface area (Å²) in [6, 6.07) is 19.2. The monoisotopic (exact) mass is 525 g/mol. The van der Waals surface area contributed by atoms with E-state index in [1.165, 1.54) is 5.56 Å². The molecule has 1 aliphatic heterocycles. The van der Waals surface area contributed by atoms with Gasteiger partial charge in [0.15, 0.2) is 0 Å². The van der Waals surface area contributed by atoms with Gasteiger partial charge in [0.2, 0.25) is 0 Å². The van der Waals surface area contributed by atoms with Gasteiger partial charge in [-0.3, -0.25) is 14.3 Å². The van der Waals surface area contributed by atoms with Crippen molar-refractivity contribution in [2.24, 2.45) is 0 Å². The average Bonchev–Trinajstić information content (AvgIpc) is 3.40. The predicted octanol–water partition coefficient (Wildman–Crippen LogP) is 4.38. The van der Waals surface area contributed by atoms with Gasteiger partial charge < -0.3 is 20.4 Å². The molecule has 202 valence electrons. The van der Waals surface area contributed by atoms with E-state index in [-0.39, 0.29) is 11.9 Å². The number of hydrogen-bond donors (Lipinski definition) is 2. The van der Waals surface area contributed by atoms with E-state index in [9.17, 15) is 9.59 Å². The molecule has 1 saturated heterocycles. The number of carbonyl (C=O) groups excluding carboxylic acids is 2. The normalized spacial score (nSPS) is 14.3. The molecule has 0 saturated carbocycles. The van der Waals surface area contributed by atoms with Crippen LogP contribution in [0.3, 0.4) is 0 Å². The largest absolute Gasteiger partial charge is 0.344 e. The molecule has 1 aliphatic rings. The predicted molar refractivity (Wildman–Crippen MR) is 156 cm³/mol. The van der Waals surface area contributed by atoms with Gasteiger partial charge in [-0.2, -0.15) is 0 Å². The first-order valence-electron chi connectivity index (χ1n) is 13.3. The number of benzene rings is 2. The molecule has 0 unspecified atom stereocenters. The van der Waals surface area contributed by atoms with Crippen molar-refractivity contribution < 1.29 is 9.59 Å². The van der Waals surface area contributed by atoms with Crippen molar-refractivity contribution in [3.05, 3.63) is 84.2 Å². The van der Waals surface area contributed by atoms with Crippen LogP contribution in [0.1, 0.15) is 22.8 Å². The standard InChI is InChI=1S/C30H35N7O2/c1-4-35-15-17-36(18-16-35)21-22-5-7-23(8-6-22)29(38)33-28-20-26(11-13-32-28)34(3)25-9-10-27-24(19-25)12-14-37(27)30(39)31-2/h5-14,19-20H,4,15-18,21H2,1-3H3,(H,31,39)(H,32,33,38). The molecular weight excluding hydrogens is 490 g/mol. The van der Waals surface area contributed by atoms with Crippen LogP contribution in [-0.2, 0) is 6.54 Å². The lowest BCUT2D eigenvalue weighted by Gasteiger charge is -2.34. The van der Waals surface area contributed by atoms with Gasteiger partial charge in [0.25, 0.3) is 5.91 Å². The second-order valence-electron chi connectivity index (χ2n) is 9.80. The molecule has 2 aromatic heterocycles. The van der Waals surface area contributed by atoms with Gasteiger partial charge in [-0.25, -0.2) is 9.78 Å². The molecule has 1 fully saturated rings. The summed E-state index contributed by atoms with van der Waals surface area (Å²) < 4.78 is 1.58. The maximum absolute atomic E-state index is 12.9. The molecule has 2 aromatic carbocycles. The third kappa shape index (κ3) is 5.94. The zero-order chi connectivity index (χ0) is 27.4. The number of amides is 2. The van der Waals surface area contributed by atoms with E-state index in [1.54, 1.807) is 24.0 Å². The number of pyridine rings is 1. The van der Waals surface area contributed by atoms with Gasteiger partial charge in [-0.1, -0.05) is 19.1 Å². The number of carbonyl (C=O) groups is 2. The molecule has 0 radical (unpaired) electrons. The maximum atomic E-state index is 12.9. The van der Waals surface area contributed by atoms with Crippen LogP contribution in [0, 0.1) is 0 Å². The third-order valence-electron chi connectivity index (χ3n) is 7.40. The lowest BCUT2D eigenvalue weighted by molar-refractivity contribution is 0.102. The van der Waals surface area contributed by atoms with E-state index in [0.29, 0.717) is 11.4 Å². The molecule has 2 N–H and O–H groups in total. The topological polar surface area (TPSA) is 85.7 Å². The second-order valence-corrected chi connectivity index (χ2v) is 9.80. The Balaban J connectivity index is 1.23. The highest BCUT2D eigenvalue weighted by Gasteiger charge is 2.16. The van der Waals surface area contributed by atoms with Crippen molar-refractivity contribution in [3.63, 3.8) is 0 Å². The second kappa shape index (κ2) is 11.7. The minimum absolute atomic E-state index is 0.180. The number of hydrogen-bond acceptors (Lipinski definition) is 6. The van der Waals surface area contributed by atoms with Gasteiger partial charge in [0.05, 0.1) is 5.52 Å². The van der Waals surface area contributed by atoms with Crippen LogP contribution in [0.2, 0.25) is 0 Å². The minimum Gasteiger partial charge on any atom is -0.344 e. The van der Waals surface area contributed by atoms with Crippen LogP contribution in [-0.4, -0.2) is 78.1 Å². The highest BCUT2D eigenvalue weighted by Crippen LogP contribution is 2.28. The molecule has 5 rings (SSSR count). The quantitative estimate of drug-likeness (QED) is 0.373. The van der Waals surface area contributed by atoms with Gasteiger partial charge in [-0.05, 0) is 54.6 Å². The Morgan fingerprint density at radius 1 is 0.923 bits per heavy atom. The first-order chi connectivity index (χ1) is 18.9. The van der Waals surface area contributed by atoms with Crippen molar-refractivity contribution in [3.8, 4) is 0 Å². The summed E-state index contributed by atoms with van der Waals surface area (Å²) >= 11 is 0.